The van der Waals surface area contributed by atoms with E-state index in [0.717, 1.165) is 33.5 Å². The predicted octanol–water partition coefficient (Wildman–Crippen LogP) is 6.82. The third kappa shape index (κ3) is 3.35. The van der Waals surface area contributed by atoms with E-state index >= 15 is 0 Å². The minimum Gasteiger partial charge on any atom is -0.289 e. The summed E-state index contributed by atoms with van der Waals surface area (Å²) in [6.45, 7) is 3.52. The van der Waals surface area contributed by atoms with Crippen LogP contribution in [0, 0.1) is 11.6 Å². The molecule has 0 radical (unpaired) electrons. The van der Waals surface area contributed by atoms with Crippen LogP contribution >= 0.6 is 0 Å². The maximum atomic E-state index is 13.5. The number of ketones is 1. The number of halogens is 2. The molecule has 3 heteroatoms. The van der Waals surface area contributed by atoms with Gasteiger partial charge in [-0.05, 0) is 63.4 Å². The molecule has 0 N–H and O–H groups in total. The third-order valence-electron chi connectivity index (χ3n) is 4.78. The zero-order chi connectivity index (χ0) is 19.7. The van der Waals surface area contributed by atoms with Gasteiger partial charge in [-0.15, -0.1) is 0 Å². The molecule has 0 bridgehead atoms. The minimum absolute atomic E-state index is 0.0983. The van der Waals surface area contributed by atoms with Gasteiger partial charge < -0.3 is 0 Å². The normalized spacial score (nSPS) is 10.8. The molecule has 0 fully saturated rings. The molecule has 0 atom stereocenters. The van der Waals surface area contributed by atoms with Crippen LogP contribution in [0.4, 0.5) is 8.78 Å². The third-order valence-corrected chi connectivity index (χ3v) is 4.78. The first-order valence-corrected chi connectivity index (χ1v) is 8.81. The zero-order valence-electron chi connectivity index (χ0n) is 15.0. The quantitative estimate of drug-likeness (QED) is 0.284. The highest BCUT2D eigenvalue weighted by Crippen LogP contribution is 2.28. The molecule has 0 aromatic heterocycles. The average molecular weight is 370 g/mol. The van der Waals surface area contributed by atoms with E-state index in [2.05, 4.69) is 12.6 Å². The fraction of sp³-hybridized carbons (Fsp3) is 0. The number of hydrogen-bond donors (Lipinski definition) is 0. The summed E-state index contributed by atoms with van der Waals surface area (Å²) < 4.78 is 26.6. The Morgan fingerprint density at radius 1 is 0.643 bits per heavy atom. The van der Waals surface area contributed by atoms with Gasteiger partial charge in [-0.1, -0.05) is 61.2 Å². The van der Waals surface area contributed by atoms with Crippen molar-refractivity contribution in [3.63, 3.8) is 0 Å². The van der Waals surface area contributed by atoms with Crippen molar-refractivity contribution in [2.24, 2.45) is 0 Å². The Labute approximate surface area is 161 Å². The van der Waals surface area contributed by atoms with E-state index in [9.17, 15) is 13.6 Å². The van der Waals surface area contributed by atoms with E-state index in [-0.39, 0.29) is 5.78 Å². The van der Waals surface area contributed by atoms with Crippen molar-refractivity contribution in [1.29, 1.82) is 0 Å². The average Bonchev–Trinajstić information content (AvgIpc) is 2.74. The second kappa shape index (κ2) is 7.20. The number of allylic oxidation sites excluding steroid dienone is 1. The lowest BCUT2D eigenvalue weighted by atomic mass is 9.97. The Morgan fingerprint density at radius 2 is 1.18 bits per heavy atom. The van der Waals surface area contributed by atoms with Crippen molar-refractivity contribution in [1.82, 2.24) is 0 Å². The Morgan fingerprint density at radius 3 is 1.82 bits per heavy atom. The fourth-order valence-corrected chi connectivity index (χ4v) is 3.23. The van der Waals surface area contributed by atoms with Crippen LogP contribution in [-0.2, 0) is 0 Å². The first kappa shape index (κ1) is 17.8. The second-order valence-corrected chi connectivity index (χ2v) is 6.55. The molecule has 0 aliphatic heterocycles. The summed E-state index contributed by atoms with van der Waals surface area (Å²) in [5, 5.41) is 2.01. The number of hydrogen-bond acceptors (Lipinski definition) is 1. The van der Waals surface area contributed by atoms with Crippen molar-refractivity contribution >= 4 is 16.6 Å². The van der Waals surface area contributed by atoms with Crippen LogP contribution in [0.25, 0.3) is 33.0 Å². The van der Waals surface area contributed by atoms with Crippen LogP contribution in [-0.4, -0.2) is 5.78 Å². The number of fused-ring (bicyclic) bond motifs is 1. The van der Waals surface area contributed by atoms with Gasteiger partial charge in [0.15, 0.2) is 17.4 Å². The molecule has 0 unspecified atom stereocenters. The van der Waals surface area contributed by atoms with Gasteiger partial charge in [0, 0.05) is 5.56 Å². The topological polar surface area (TPSA) is 17.1 Å². The minimum atomic E-state index is -0.856. The maximum Gasteiger partial charge on any atom is 0.185 e. The molecule has 0 amide bonds. The number of carbonyl (C=O) groups is 1. The van der Waals surface area contributed by atoms with E-state index in [1.807, 2.05) is 48.5 Å². The lowest BCUT2D eigenvalue weighted by molar-refractivity contribution is 0.104. The van der Waals surface area contributed by atoms with Crippen molar-refractivity contribution in [2.75, 3.05) is 0 Å². The highest BCUT2D eigenvalue weighted by Gasteiger charge is 2.07. The Balaban J connectivity index is 1.66. The Hall–Kier alpha value is -3.59. The summed E-state index contributed by atoms with van der Waals surface area (Å²) in [7, 11) is 0. The van der Waals surface area contributed by atoms with E-state index < -0.39 is 11.6 Å². The second-order valence-electron chi connectivity index (χ2n) is 6.55. The summed E-state index contributed by atoms with van der Waals surface area (Å²) in [6.07, 6.45) is 1.31. The van der Waals surface area contributed by atoms with Gasteiger partial charge in [0.1, 0.15) is 0 Å². The molecule has 0 aliphatic carbocycles. The molecule has 1 nitrogen and oxygen atoms in total. The summed E-state index contributed by atoms with van der Waals surface area (Å²) >= 11 is 0. The standard InChI is InChI=1S/C25H16F2O/c1-2-25(28)22-10-9-19-13-18(7-8-20(19)14-22)16-3-5-17(6-4-16)21-11-12-23(26)24(27)15-21/h2-15H,1H2. The van der Waals surface area contributed by atoms with Gasteiger partial charge in [-0.25, -0.2) is 8.78 Å². The molecule has 0 saturated heterocycles. The van der Waals surface area contributed by atoms with Gasteiger partial charge in [0.05, 0.1) is 0 Å². The number of benzene rings is 4. The van der Waals surface area contributed by atoms with Crippen LogP contribution in [0.1, 0.15) is 10.4 Å². The van der Waals surface area contributed by atoms with Gasteiger partial charge in [-0.3, -0.25) is 4.79 Å². The van der Waals surface area contributed by atoms with Crippen LogP contribution in [0.3, 0.4) is 0 Å². The summed E-state index contributed by atoms with van der Waals surface area (Å²) in [4.78, 5) is 11.8. The molecule has 136 valence electrons. The summed E-state index contributed by atoms with van der Waals surface area (Å²) in [6, 6.07) is 23.2. The Bertz CT molecular complexity index is 1210. The molecule has 4 rings (SSSR count). The van der Waals surface area contributed by atoms with Crippen molar-refractivity contribution < 1.29 is 13.6 Å². The molecule has 0 saturated carbocycles. The van der Waals surface area contributed by atoms with Crippen LogP contribution in [0.15, 0.2) is 91.5 Å². The molecular formula is C25H16F2O. The molecular weight excluding hydrogens is 354 g/mol. The monoisotopic (exact) mass is 370 g/mol. The summed E-state index contributed by atoms with van der Waals surface area (Å²) in [5.74, 6) is -1.81. The van der Waals surface area contributed by atoms with Crippen LogP contribution in [0.5, 0.6) is 0 Å². The molecule has 0 spiro atoms. The fourth-order valence-electron chi connectivity index (χ4n) is 3.23. The lowest BCUT2D eigenvalue weighted by Crippen LogP contribution is -1.92. The highest BCUT2D eigenvalue weighted by atomic mass is 19.2. The Kier molecular flexibility index (Phi) is 4.58. The van der Waals surface area contributed by atoms with Gasteiger partial charge in [0.2, 0.25) is 0 Å². The van der Waals surface area contributed by atoms with E-state index in [0.29, 0.717) is 11.1 Å². The largest absolute Gasteiger partial charge is 0.289 e. The van der Waals surface area contributed by atoms with Crippen LogP contribution in [0.2, 0.25) is 0 Å². The first-order valence-electron chi connectivity index (χ1n) is 8.81. The lowest BCUT2D eigenvalue weighted by Gasteiger charge is -2.08. The molecule has 4 aromatic carbocycles. The van der Waals surface area contributed by atoms with Crippen molar-refractivity contribution in [3.05, 3.63) is 109 Å². The molecule has 0 heterocycles. The zero-order valence-corrected chi connectivity index (χ0v) is 15.0. The van der Waals surface area contributed by atoms with Crippen molar-refractivity contribution in [3.8, 4) is 22.3 Å². The number of carbonyl (C=O) groups excluding carboxylic acids is 1. The van der Waals surface area contributed by atoms with Crippen molar-refractivity contribution in [2.45, 2.75) is 0 Å². The molecule has 28 heavy (non-hydrogen) atoms. The summed E-state index contributed by atoms with van der Waals surface area (Å²) in [5.41, 5.74) is 4.11. The highest BCUT2D eigenvalue weighted by molar-refractivity contribution is 6.06. The SMILES string of the molecule is C=CC(=O)c1ccc2cc(-c3ccc(-c4ccc(F)c(F)c4)cc3)ccc2c1. The number of rotatable bonds is 4. The van der Waals surface area contributed by atoms with Gasteiger partial charge in [-0.2, -0.15) is 0 Å². The maximum absolute atomic E-state index is 13.5. The molecule has 4 aromatic rings. The smallest absolute Gasteiger partial charge is 0.185 e. The first-order chi connectivity index (χ1) is 13.5. The van der Waals surface area contributed by atoms with Gasteiger partial charge >= 0.3 is 0 Å². The van der Waals surface area contributed by atoms with Gasteiger partial charge in [0.25, 0.3) is 0 Å². The predicted molar refractivity (Wildman–Crippen MR) is 109 cm³/mol. The molecule has 0 aliphatic rings. The van der Waals surface area contributed by atoms with E-state index in [1.54, 1.807) is 12.1 Å². The van der Waals surface area contributed by atoms with E-state index in [4.69, 9.17) is 0 Å². The van der Waals surface area contributed by atoms with E-state index in [1.165, 1.54) is 12.1 Å². The van der Waals surface area contributed by atoms with Crippen LogP contribution < -0.4 is 0 Å².